The van der Waals surface area contributed by atoms with Gasteiger partial charge in [-0.25, -0.2) is 0 Å². The van der Waals surface area contributed by atoms with Gasteiger partial charge in [-0.15, -0.1) is 0 Å². The van der Waals surface area contributed by atoms with Crippen LogP contribution in [0.4, 0.5) is 0 Å². The van der Waals surface area contributed by atoms with E-state index in [1.807, 2.05) is 24.3 Å². The number of benzene rings is 1. The summed E-state index contributed by atoms with van der Waals surface area (Å²) in [5, 5.41) is 0. The summed E-state index contributed by atoms with van der Waals surface area (Å²) < 4.78 is 24.4. The van der Waals surface area contributed by atoms with E-state index >= 15 is 0 Å². The first kappa shape index (κ1) is 15.6. The predicted octanol–water partition coefficient (Wildman–Crippen LogP) is 3.50. The molecule has 0 aliphatic carbocycles. The lowest BCUT2D eigenvalue weighted by molar-refractivity contribution is 0.670. The number of hydrogen-bond donors (Lipinski definition) is 0. The van der Waals surface area contributed by atoms with E-state index in [4.69, 9.17) is 0 Å². The van der Waals surface area contributed by atoms with Gasteiger partial charge in [0.1, 0.15) is 0 Å². The van der Waals surface area contributed by atoms with Gasteiger partial charge in [-0.3, -0.25) is 8.42 Å². The van der Waals surface area contributed by atoms with Gasteiger partial charge >= 0.3 is 0 Å². The van der Waals surface area contributed by atoms with Gasteiger partial charge < -0.3 is 0 Å². The van der Waals surface area contributed by atoms with Gasteiger partial charge in [-0.05, 0) is 25.0 Å². The summed E-state index contributed by atoms with van der Waals surface area (Å²) in [6, 6.07) is 7.45. The molecule has 102 valence electrons. The molecule has 1 rings (SSSR count). The minimum atomic E-state index is -1.01. The molecule has 0 saturated carbocycles. The van der Waals surface area contributed by atoms with Crippen molar-refractivity contribution in [1.82, 2.24) is 0 Å². The second kappa shape index (κ2) is 8.59. The second-order valence-corrected chi connectivity index (χ2v) is 7.33. The van der Waals surface area contributed by atoms with E-state index in [0.29, 0.717) is 11.5 Å². The van der Waals surface area contributed by atoms with Gasteiger partial charge in [0.05, 0.1) is 31.4 Å². The highest BCUT2D eigenvalue weighted by Gasteiger charge is 2.13. The van der Waals surface area contributed by atoms with Crippen LogP contribution in [0.2, 0.25) is 0 Å². The van der Waals surface area contributed by atoms with Crippen LogP contribution in [0.3, 0.4) is 0 Å². The van der Waals surface area contributed by atoms with E-state index in [1.165, 1.54) is 0 Å². The summed E-state index contributed by atoms with van der Waals surface area (Å²) in [5.74, 6) is 1.33. The topological polar surface area (TPSA) is 34.1 Å². The molecule has 2 atom stereocenters. The van der Waals surface area contributed by atoms with Crippen molar-refractivity contribution >= 4 is 21.6 Å². The Hall–Kier alpha value is -0.480. The molecule has 0 heterocycles. The van der Waals surface area contributed by atoms with Crippen molar-refractivity contribution in [1.29, 1.82) is 0 Å². The van der Waals surface area contributed by atoms with Crippen molar-refractivity contribution in [2.24, 2.45) is 0 Å². The zero-order valence-corrected chi connectivity index (χ0v) is 12.8. The van der Waals surface area contributed by atoms with Gasteiger partial charge in [-0.2, -0.15) is 0 Å². The summed E-state index contributed by atoms with van der Waals surface area (Å²) in [6.45, 7) is 4.17. The molecule has 0 aliphatic rings. The third-order valence-electron chi connectivity index (χ3n) is 2.71. The summed E-state index contributed by atoms with van der Waals surface area (Å²) >= 11 is 0. The third-order valence-corrected chi connectivity index (χ3v) is 5.85. The smallest absolute Gasteiger partial charge is 0.0549 e. The van der Waals surface area contributed by atoms with E-state index < -0.39 is 21.6 Å². The number of hydrogen-bond acceptors (Lipinski definition) is 2. The molecule has 4 heteroatoms. The molecule has 0 spiro atoms. The number of rotatable bonds is 8. The average Bonchev–Trinajstić information content (AvgIpc) is 2.42. The van der Waals surface area contributed by atoms with E-state index in [-0.39, 0.29) is 0 Å². The maximum Gasteiger partial charge on any atom is 0.0549 e. The molecule has 0 radical (unpaired) electrons. The van der Waals surface area contributed by atoms with E-state index in [2.05, 4.69) is 13.8 Å². The van der Waals surface area contributed by atoms with E-state index in [9.17, 15) is 8.42 Å². The van der Waals surface area contributed by atoms with Crippen LogP contribution in [0.25, 0.3) is 0 Å². The van der Waals surface area contributed by atoms with E-state index in [1.54, 1.807) is 0 Å². The molecular formula is C14H22O2S2. The lowest BCUT2D eigenvalue weighted by Crippen LogP contribution is -2.06. The van der Waals surface area contributed by atoms with Crippen LogP contribution in [-0.4, -0.2) is 19.9 Å². The van der Waals surface area contributed by atoms with Crippen molar-refractivity contribution < 1.29 is 8.42 Å². The van der Waals surface area contributed by atoms with Crippen molar-refractivity contribution in [3.05, 3.63) is 24.3 Å². The molecule has 1 aromatic carbocycles. The van der Waals surface area contributed by atoms with Crippen molar-refractivity contribution in [3.63, 3.8) is 0 Å². The Morgan fingerprint density at radius 3 is 1.56 bits per heavy atom. The Morgan fingerprint density at radius 1 is 0.833 bits per heavy atom. The van der Waals surface area contributed by atoms with Gasteiger partial charge in [0.15, 0.2) is 0 Å². The summed E-state index contributed by atoms with van der Waals surface area (Å²) in [5.41, 5.74) is 0. The lowest BCUT2D eigenvalue weighted by Gasteiger charge is -2.08. The fourth-order valence-corrected chi connectivity index (χ4v) is 4.74. The molecule has 0 saturated heterocycles. The molecule has 0 N–H and O–H groups in total. The minimum absolute atomic E-state index is 0.665. The molecule has 1 aromatic rings. The average molecular weight is 286 g/mol. The van der Waals surface area contributed by atoms with Crippen LogP contribution >= 0.6 is 0 Å². The first-order valence-electron chi connectivity index (χ1n) is 6.56. The van der Waals surface area contributed by atoms with Crippen LogP contribution in [0.15, 0.2) is 34.1 Å². The first-order chi connectivity index (χ1) is 8.70. The molecule has 0 aromatic heterocycles. The second-order valence-electron chi connectivity index (χ2n) is 4.25. The monoisotopic (exact) mass is 286 g/mol. The maximum atomic E-state index is 12.2. The molecule has 0 amide bonds. The van der Waals surface area contributed by atoms with Crippen LogP contribution < -0.4 is 0 Å². The van der Waals surface area contributed by atoms with E-state index in [0.717, 1.165) is 35.5 Å². The largest absolute Gasteiger partial charge is 0.254 e. The van der Waals surface area contributed by atoms with Gasteiger partial charge in [0, 0.05) is 11.5 Å². The highest BCUT2D eigenvalue weighted by atomic mass is 32.2. The molecular weight excluding hydrogens is 264 g/mol. The highest BCUT2D eigenvalue weighted by Crippen LogP contribution is 2.19. The van der Waals surface area contributed by atoms with Crippen molar-refractivity contribution in [2.45, 2.75) is 49.3 Å². The Balaban J connectivity index is 2.85. The number of unbranched alkanes of at least 4 members (excludes halogenated alkanes) is 2. The van der Waals surface area contributed by atoms with Crippen LogP contribution in [0.5, 0.6) is 0 Å². The zero-order valence-electron chi connectivity index (χ0n) is 11.2. The summed E-state index contributed by atoms with van der Waals surface area (Å²) in [7, 11) is -2.03. The van der Waals surface area contributed by atoms with Crippen LogP contribution in [0.1, 0.15) is 39.5 Å². The Labute approximate surface area is 115 Å². The quantitative estimate of drug-likeness (QED) is 0.733. The fraction of sp³-hybridized carbons (Fsp3) is 0.571. The zero-order chi connectivity index (χ0) is 13.4. The highest BCUT2D eigenvalue weighted by molar-refractivity contribution is 7.88. The van der Waals surface area contributed by atoms with Crippen molar-refractivity contribution in [3.8, 4) is 0 Å². The first-order valence-corrected chi connectivity index (χ1v) is 9.20. The SMILES string of the molecule is CCCCS(=O)c1ccccc1S(=O)CCCC. The Bertz CT molecular complexity index is 377. The molecule has 2 nitrogen and oxygen atoms in total. The molecule has 18 heavy (non-hydrogen) atoms. The minimum Gasteiger partial charge on any atom is -0.254 e. The summed E-state index contributed by atoms with van der Waals surface area (Å²) in [6.07, 6.45) is 3.96. The third kappa shape index (κ3) is 4.65. The normalized spacial score (nSPS) is 14.3. The molecule has 0 bridgehead atoms. The molecule has 0 fully saturated rings. The van der Waals surface area contributed by atoms with Gasteiger partial charge in [-0.1, -0.05) is 38.8 Å². The Morgan fingerprint density at radius 2 is 1.22 bits per heavy atom. The predicted molar refractivity (Wildman–Crippen MR) is 78.8 cm³/mol. The fourth-order valence-electron chi connectivity index (χ4n) is 1.60. The standard InChI is InChI=1S/C14H22O2S2/c1-3-5-11-17(15)13-9-7-8-10-14(13)18(16)12-6-4-2/h7-10H,3-6,11-12H2,1-2H3. The Kier molecular flexibility index (Phi) is 7.44. The molecule has 0 aliphatic heterocycles. The molecule has 2 unspecified atom stereocenters. The van der Waals surface area contributed by atoms with Gasteiger partial charge in [0.2, 0.25) is 0 Å². The van der Waals surface area contributed by atoms with Crippen LogP contribution in [-0.2, 0) is 21.6 Å². The van der Waals surface area contributed by atoms with Gasteiger partial charge in [0.25, 0.3) is 0 Å². The van der Waals surface area contributed by atoms with Crippen molar-refractivity contribution in [2.75, 3.05) is 11.5 Å². The summed E-state index contributed by atoms with van der Waals surface area (Å²) in [4.78, 5) is 1.53. The lowest BCUT2D eigenvalue weighted by atomic mass is 10.4. The maximum absolute atomic E-state index is 12.2. The van der Waals surface area contributed by atoms with Crippen LogP contribution in [0, 0.1) is 0 Å².